The number of carbonyl (C=O) groups is 2. The van der Waals surface area contributed by atoms with Crippen molar-refractivity contribution in [2.45, 2.75) is 12.8 Å². The Labute approximate surface area is 117 Å². The zero-order valence-corrected chi connectivity index (χ0v) is 11.6. The van der Waals surface area contributed by atoms with Crippen LogP contribution in [0.15, 0.2) is 17.5 Å². The van der Waals surface area contributed by atoms with E-state index in [4.69, 9.17) is 0 Å². The van der Waals surface area contributed by atoms with E-state index < -0.39 is 0 Å². The number of nitrogens with one attached hydrogen (secondary N) is 2. The van der Waals surface area contributed by atoms with Crippen LogP contribution < -0.4 is 10.6 Å². The Balaban J connectivity index is 1.81. The summed E-state index contributed by atoms with van der Waals surface area (Å²) in [5.41, 5.74) is 0.779. The first-order valence-corrected chi connectivity index (χ1v) is 7.56. The third kappa shape index (κ3) is 2.52. The summed E-state index contributed by atoms with van der Waals surface area (Å²) in [5.74, 6) is -0.277. The van der Waals surface area contributed by atoms with Crippen LogP contribution in [0.25, 0.3) is 0 Å². The van der Waals surface area contributed by atoms with Gasteiger partial charge >= 0.3 is 0 Å². The van der Waals surface area contributed by atoms with Crippen LogP contribution in [0.5, 0.6) is 0 Å². The number of aryl methyl sites for hydroxylation is 1. The van der Waals surface area contributed by atoms with Crippen LogP contribution in [0, 0.1) is 0 Å². The Bertz CT molecular complexity index is 619. The fourth-order valence-corrected chi connectivity index (χ4v) is 3.40. The second-order valence-corrected chi connectivity index (χ2v) is 6.03. The van der Waals surface area contributed by atoms with Crippen LogP contribution in [-0.2, 0) is 6.42 Å². The standard InChI is InChI=1S/C12H11N3O2S2/c16-10(8-4-2-6-18-8)15-12-14-7-3-1-5-13-11(17)9(7)19-12/h2,4,6H,1,3,5H2,(H,13,17)(H,14,15,16). The van der Waals surface area contributed by atoms with Gasteiger partial charge in [0.1, 0.15) is 4.88 Å². The minimum atomic E-state index is -0.181. The Morgan fingerprint density at radius 1 is 1.47 bits per heavy atom. The van der Waals surface area contributed by atoms with E-state index >= 15 is 0 Å². The highest BCUT2D eigenvalue weighted by molar-refractivity contribution is 7.18. The van der Waals surface area contributed by atoms with E-state index in [1.54, 1.807) is 6.07 Å². The number of nitrogens with zero attached hydrogens (tertiary/aromatic N) is 1. The van der Waals surface area contributed by atoms with Crippen molar-refractivity contribution >= 4 is 39.6 Å². The number of fused-ring (bicyclic) bond motifs is 1. The third-order valence-corrected chi connectivity index (χ3v) is 4.63. The van der Waals surface area contributed by atoms with E-state index in [9.17, 15) is 9.59 Å². The third-order valence-electron chi connectivity index (χ3n) is 2.74. The maximum Gasteiger partial charge on any atom is 0.267 e. The molecule has 0 bridgehead atoms. The van der Waals surface area contributed by atoms with Crippen molar-refractivity contribution in [3.63, 3.8) is 0 Å². The molecule has 0 aliphatic carbocycles. The number of rotatable bonds is 2. The first-order chi connectivity index (χ1) is 9.24. The van der Waals surface area contributed by atoms with Crippen molar-refractivity contribution in [1.29, 1.82) is 0 Å². The number of anilines is 1. The molecule has 3 heterocycles. The maximum atomic E-state index is 11.9. The Morgan fingerprint density at radius 3 is 3.16 bits per heavy atom. The highest BCUT2D eigenvalue weighted by Gasteiger charge is 2.21. The molecule has 0 saturated heterocycles. The summed E-state index contributed by atoms with van der Waals surface area (Å²) in [5, 5.41) is 7.89. The first-order valence-electron chi connectivity index (χ1n) is 5.87. The molecule has 98 valence electrons. The quantitative estimate of drug-likeness (QED) is 0.891. The zero-order chi connectivity index (χ0) is 13.2. The molecule has 0 unspecified atom stereocenters. The minimum absolute atomic E-state index is 0.0957. The van der Waals surface area contributed by atoms with Gasteiger partial charge in [-0.25, -0.2) is 4.98 Å². The van der Waals surface area contributed by atoms with Crippen LogP contribution in [0.1, 0.15) is 31.5 Å². The van der Waals surface area contributed by atoms with Gasteiger partial charge in [-0.15, -0.1) is 11.3 Å². The number of amides is 2. The fraction of sp³-hybridized carbons (Fsp3) is 0.250. The van der Waals surface area contributed by atoms with E-state index in [-0.39, 0.29) is 11.8 Å². The van der Waals surface area contributed by atoms with Crippen molar-refractivity contribution in [2.75, 3.05) is 11.9 Å². The summed E-state index contributed by atoms with van der Waals surface area (Å²) in [4.78, 5) is 29.3. The maximum absolute atomic E-state index is 11.9. The van der Waals surface area contributed by atoms with E-state index in [2.05, 4.69) is 15.6 Å². The normalized spacial score (nSPS) is 14.4. The topological polar surface area (TPSA) is 71.1 Å². The molecule has 1 aliphatic heterocycles. The van der Waals surface area contributed by atoms with Crippen molar-refractivity contribution in [3.05, 3.63) is 33.0 Å². The van der Waals surface area contributed by atoms with Crippen LogP contribution in [0.2, 0.25) is 0 Å². The lowest BCUT2D eigenvalue weighted by Gasteiger charge is -1.99. The van der Waals surface area contributed by atoms with Crippen molar-refractivity contribution in [2.24, 2.45) is 0 Å². The Morgan fingerprint density at radius 2 is 2.37 bits per heavy atom. The van der Waals surface area contributed by atoms with Crippen LogP contribution in [-0.4, -0.2) is 23.3 Å². The molecular weight excluding hydrogens is 282 g/mol. The first kappa shape index (κ1) is 12.3. The van der Waals surface area contributed by atoms with Gasteiger partial charge in [0.15, 0.2) is 5.13 Å². The summed E-state index contributed by atoms with van der Waals surface area (Å²) in [6, 6.07) is 3.58. The molecule has 2 amide bonds. The number of thiophene rings is 1. The smallest absolute Gasteiger partial charge is 0.267 e. The number of hydrogen-bond donors (Lipinski definition) is 2. The molecular formula is C12H11N3O2S2. The molecule has 0 fully saturated rings. The lowest BCUT2D eigenvalue weighted by Crippen LogP contribution is -2.21. The lowest BCUT2D eigenvalue weighted by molar-refractivity contribution is 0.0959. The van der Waals surface area contributed by atoms with Crippen molar-refractivity contribution in [3.8, 4) is 0 Å². The highest BCUT2D eigenvalue weighted by atomic mass is 32.1. The second kappa shape index (κ2) is 5.10. The summed E-state index contributed by atoms with van der Waals surface area (Å²) >= 11 is 2.61. The lowest BCUT2D eigenvalue weighted by atomic mass is 10.2. The molecule has 1 aliphatic rings. The van der Waals surface area contributed by atoms with Gasteiger partial charge in [-0.1, -0.05) is 17.4 Å². The Kier molecular flexibility index (Phi) is 3.31. The average Bonchev–Trinajstić information content (AvgIpc) is 3.01. The molecule has 0 saturated carbocycles. The molecule has 0 spiro atoms. The SMILES string of the molecule is O=C(Nc1nc2c(s1)C(=O)NCCC2)c1cccs1. The summed E-state index contributed by atoms with van der Waals surface area (Å²) in [6.07, 6.45) is 1.64. The molecule has 2 aromatic heterocycles. The summed E-state index contributed by atoms with van der Waals surface area (Å²) in [7, 11) is 0. The van der Waals surface area contributed by atoms with Crippen molar-refractivity contribution < 1.29 is 9.59 Å². The second-order valence-electron chi connectivity index (χ2n) is 4.09. The number of aromatic nitrogens is 1. The number of hydrogen-bond acceptors (Lipinski definition) is 5. The van der Waals surface area contributed by atoms with Crippen LogP contribution in [0.3, 0.4) is 0 Å². The molecule has 0 atom stereocenters. The number of thiazole rings is 1. The van der Waals surface area contributed by atoms with Gasteiger partial charge in [-0.3, -0.25) is 14.9 Å². The molecule has 5 nitrogen and oxygen atoms in total. The number of carbonyl (C=O) groups excluding carboxylic acids is 2. The molecule has 0 aromatic carbocycles. The van der Waals surface area contributed by atoms with Gasteiger partial charge in [0.2, 0.25) is 0 Å². The van der Waals surface area contributed by atoms with E-state index in [0.717, 1.165) is 18.5 Å². The summed E-state index contributed by atoms with van der Waals surface area (Å²) in [6.45, 7) is 0.679. The van der Waals surface area contributed by atoms with Crippen LogP contribution in [0.4, 0.5) is 5.13 Å². The van der Waals surface area contributed by atoms with Gasteiger partial charge in [0, 0.05) is 6.54 Å². The fourth-order valence-electron chi connectivity index (χ4n) is 1.86. The molecule has 2 aromatic rings. The molecule has 7 heteroatoms. The van der Waals surface area contributed by atoms with Gasteiger partial charge < -0.3 is 5.32 Å². The van der Waals surface area contributed by atoms with Crippen molar-refractivity contribution in [1.82, 2.24) is 10.3 Å². The molecule has 19 heavy (non-hydrogen) atoms. The summed E-state index contributed by atoms with van der Waals surface area (Å²) < 4.78 is 0. The van der Waals surface area contributed by atoms with Gasteiger partial charge in [0.05, 0.1) is 10.6 Å². The molecule has 0 radical (unpaired) electrons. The zero-order valence-electron chi connectivity index (χ0n) is 9.93. The molecule has 2 N–H and O–H groups in total. The highest BCUT2D eigenvalue weighted by Crippen LogP contribution is 2.26. The van der Waals surface area contributed by atoms with E-state index in [1.165, 1.54) is 22.7 Å². The molecule has 3 rings (SSSR count). The largest absolute Gasteiger partial charge is 0.351 e. The van der Waals surface area contributed by atoms with E-state index in [0.29, 0.717) is 21.4 Å². The average molecular weight is 293 g/mol. The van der Waals surface area contributed by atoms with Gasteiger partial charge in [-0.2, -0.15) is 0 Å². The predicted octanol–water partition coefficient (Wildman–Crippen LogP) is 2.13. The van der Waals surface area contributed by atoms with Crippen LogP contribution >= 0.6 is 22.7 Å². The monoisotopic (exact) mass is 293 g/mol. The van der Waals surface area contributed by atoms with Gasteiger partial charge in [0.25, 0.3) is 11.8 Å². The Hall–Kier alpha value is -1.73. The van der Waals surface area contributed by atoms with E-state index in [1.807, 2.05) is 11.4 Å². The predicted molar refractivity (Wildman–Crippen MR) is 75.0 cm³/mol. The minimum Gasteiger partial charge on any atom is -0.351 e. The van der Waals surface area contributed by atoms with Gasteiger partial charge in [-0.05, 0) is 24.3 Å².